The molecule has 3 aromatic rings. The Morgan fingerprint density at radius 1 is 1.15 bits per heavy atom. The van der Waals surface area contributed by atoms with Crippen LogP contribution in [0.2, 0.25) is 0 Å². The SMILES string of the molecule is CN(C)C[C@H](c1ccccc1)N(C)C(=O)c1ccc2c(c1)ncn2CCO. The fourth-order valence-corrected chi connectivity index (χ4v) is 3.30. The van der Waals surface area contributed by atoms with E-state index in [4.69, 9.17) is 5.11 Å². The number of benzene rings is 2. The number of carbonyl (C=O) groups excluding carboxylic acids is 1. The summed E-state index contributed by atoms with van der Waals surface area (Å²) in [6.45, 7) is 1.28. The first-order chi connectivity index (χ1) is 13.0. The Balaban J connectivity index is 1.89. The van der Waals surface area contributed by atoms with Gasteiger partial charge in [-0.3, -0.25) is 4.79 Å². The normalized spacial score (nSPS) is 12.5. The van der Waals surface area contributed by atoms with E-state index in [1.165, 1.54) is 0 Å². The van der Waals surface area contributed by atoms with E-state index in [2.05, 4.69) is 22.0 Å². The number of rotatable bonds is 7. The van der Waals surface area contributed by atoms with Gasteiger partial charge in [0, 0.05) is 25.7 Å². The third kappa shape index (κ3) is 4.18. The van der Waals surface area contributed by atoms with Gasteiger partial charge in [-0.05, 0) is 37.9 Å². The van der Waals surface area contributed by atoms with Crippen molar-refractivity contribution in [2.75, 3.05) is 34.3 Å². The Morgan fingerprint density at radius 2 is 1.89 bits per heavy atom. The maximum atomic E-state index is 13.1. The van der Waals surface area contributed by atoms with Crippen molar-refractivity contribution in [1.29, 1.82) is 0 Å². The van der Waals surface area contributed by atoms with Gasteiger partial charge in [-0.2, -0.15) is 0 Å². The van der Waals surface area contributed by atoms with Crippen molar-refractivity contribution in [3.8, 4) is 0 Å². The van der Waals surface area contributed by atoms with Crippen LogP contribution < -0.4 is 0 Å². The molecule has 1 aromatic heterocycles. The van der Waals surface area contributed by atoms with Gasteiger partial charge in [0.05, 0.1) is 30.0 Å². The molecule has 1 N–H and O–H groups in total. The largest absolute Gasteiger partial charge is 0.395 e. The van der Waals surface area contributed by atoms with E-state index in [0.717, 1.165) is 23.1 Å². The maximum absolute atomic E-state index is 13.1. The summed E-state index contributed by atoms with van der Waals surface area (Å²) in [5.41, 5.74) is 3.39. The molecule has 0 aliphatic rings. The van der Waals surface area contributed by atoms with Crippen LogP contribution in [-0.2, 0) is 6.54 Å². The molecule has 0 radical (unpaired) electrons. The molecule has 0 saturated carbocycles. The van der Waals surface area contributed by atoms with Crippen molar-refractivity contribution in [1.82, 2.24) is 19.4 Å². The smallest absolute Gasteiger partial charge is 0.254 e. The van der Waals surface area contributed by atoms with Gasteiger partial charge in [-0.1, -0.05) is 30.3 Å². The van der Waals surface area contributed by atoms with Crippen LogP contribution in [0.5, 0.6) is 0 Å². The predicted molar refractivity (Wildman–Crippen MR) is 107 cm³/mol. The van der Waals surface area contributed by atoms with Crippen LogP contribution in [0, 0.1) is 0 Å². The van der Waals surface area contributed by atoms with Crippen LogP contribution in [0.4, 0.5) is 0 Å². The zero-order chi connectivity index (χ0) is 19.4. The lowest BCUT2D eigenvalue weighted by Gasteiger charge is -2.31. The molecule has 6 nitrogen and oxygen atoms in total. The van der Waals surface area contributed by atoms with Gasteiger partial charge in [0.15, 0.2) is 0 Å². The molecule has 1 amide bonds. The van der Waals surface area contributed by atoms with Crippen molar-refractivity contribution in [3.05, 3.63) is 66.0 Å². The standard InChI is InChI=1S/C21H26N4O2/c1-23(2)14-20(16-7-5-4-6-8-16)24(3)21(27)17-9-10-19-18(13-17)22-15-25(19)11-12-26/h4-10,13,15,20,26H,11-12,14H2,1-3H3/t20-/m1/s1. The third-order valence-electron chi connectivity index (χ3n) is 4.72. The van der Waals surface area contributed by atoms with E-state index in [9.17, 15) is 4.79 Å². The number of hydrogen-bond acceptors (Lipinski definition) is 4. The quantitative estimate of drug-likeness (QED) is 0.698. The molecule has 6 heteroatoms. The minimum atomic E-state index is -0.0451. The van der Waals surface area contributed by atoms with Crippen LogP contribution in [0.25, 0.3) is 11.0 Å². The van der Waals surface area contributed by atoms with Gasteiger partial charge in [-0.25, -0.2) is 4.98 Å². The number of likely N-dealkylation sites (N-methyl/N-ethyl adjacent to an activating group) is 2. The molecular weight excluding hydrogens is 340 g/mol. The molecule has 1 atom stereocenters. The lowest BCUT2D eigenvalue weighted by molar-refractivity contribution is 0.0705. The van der Waals surface area contributed by atoms with Gasteiger partial charge >= 0.3 is 0 Å². The van der Waals surface area contributed by atoms with Crippen molar-refractivity contribution in [2.24, 2.45) is 0 Å². The monoisotopic (exact) mass is 366 g/mol. The lowest BCUT2D eigenvalue weighted by Crippen LogP contribution is -2.37. The van der Waals surface area contributed by atoms with Crippen LogP contribution in [0.1, 0.15) is 22.0 Å². The predicted octanol–water partition coefficient (Wildman–Crippen LogP) is 2.40. The fourth-order valence-electron chi connectivity index (χ4n) is 3.30. The molecule has 0 spiro atoms. The molecule has 0 bridgehead atoms. The highest BCUT2D eigenvalue weighted by Crippen LogP contribution is 2.23. The first-order valence-corrected chi connectivity index (χ1v) is 9.04. The number of aromatic nitrogens is 2. The molecule has 3 rings (SSSR count). The lowest BCUT2D eigenvalue weighted by atomic mass is 10.0. The van der Waals surface area contributed by atoms with Crippen LogP contribution in [-0.4, -0.2) is 64.7 Å². The molecular formula is C21H26N4O2. The van der Waals surface area contributed by atoms with E-state index in [0.29, 0.717) is 12.1 Å². The zero-order valence-corrected chi connectivity index (χ0v) is 16.0. The Hall–Kier alpha value is -2.70. The number of fused-ring (bicyclic) bond motifs is 1. The summed E-state index contributed by atoms with van der Waals surface area (Å²) in [6.07, 6.45) is 1.69. The first-order valence-electron chi connectivity index (χ1n) is 9.04. The van der Waals surface area contributed by atoms with E-state index < -0.39 is 0 Å². The number of imidazole rings is 1. The van der Waals surface area contributed by atoms with Crippen LogP contribution in [0.15, 0.2) is 54.9 Å². The van der Waals surface area contributed by atoms with E-state index in [1.54, 1.807) is 11.2 Å². The van der Waals surface area contributed by atoms with Crippen LogP contribution >= 0.6 is 0 Å². The molecule has 27 heavy (non-hydrogen) atoms. The van der Waals surface area contributed by atoms with Gasteiger partial charge < -0.3 is 19.5 Å². The van der Waals surface area contributed by atoms with Crippen molar-refractivity contribution >= 4 is 16.9 Å². The molecule has 0 aliphatic heterocycles. The summed E-state index contributed by atoms with van der Waals surface area (Å²) in [6, 6.07) is 15.6. The number of hydrogen-bond donors (Lipinski definition) is 1. The maximum Gasteiger partial charge on any atom is 0.254 e. The van der Waals surface area contributed by atoms with Gasteiger partial charge in [0.1, 0.15) is 0 Å². The first kappa shape index (κ1) is 19.1. The third-order valence-corrected chi connectivity index (χ3v) is 4.72. The topological polar surface area (TPSA) is 61.6 Å². The highest BCUT2D eigenvalue weighted by molar-refractivity contribution is 5.97. The summed E-state index contributed by atoms with van der Waals surface area (Å²) >= 11 is 0. The fraction of sp³-hybridized carbons (Fsp3) is 0.333. The molecule has 0 fully saturated rings. The number of carbonyl (C=O) groups is 1. The highest BCUT2D eigenvalue weighted by atomic mass is 16.3. The Labute approximate surface area is 159 Å². The van der Waals surface area contributed by atoms with Gasteiger partial charge in [0.2, 0.25) is 0 Å². The van der Waals surface area contributed by atoms with Gasteiger partial charge in [0.25, 0.3) is 5.91 Å². The number of aliphatic hydroxyl groups is 1. The molecule has 0 aliphatic carbocycles. The van der Waals surface area contributed by atoms with Crippen molar-refractivity contribution in [3.63, 3.8) is 0 Å². The van der Waals surface area contributed by atoms with Crippen molar-refractivity contribution in [2.45, 2.75) is 12.6 Å². The average Bonchev–Trinajstić information content (AvgIpc) is 3.08. The second-order valence-electron chi connectivity index (χ2n) is 6.97. The van der Waals surface area contributed by atoms with Crippen LogP contribution in [0.3, 0.4) is 0 Å². The molecule has 142 valence electrons. The van der Waals surface area contributed by atoms with E-state index in [-0.39, 0.29) is 18.6 Å². The number of nitrogens with zero attached hydrogens (tertiary/aromatic N) is 4. The average molecular weight is 366 g/mol. The second-order valence-corrected chi connectivity index (χ2v) is 6.97. The van der Waals surface area contributed by atoms with Gasteiger partial charge in [-0.15, -0.1) is 0 Å². The van der Waals surface area contributed by atoms with E-state index in [1.807, 2.05) is 62.1 Å². The Kier molecular flexibility index (Phi) is 5.88. The van der Waals surface area contributed by atoms with Crippen molar-refractivity contribution < 1.29 is 9.90 Å². The highest BCUT2D eigenvalue weighted by Gasteiger charge is 2.23. The summed E-state index contributed by atoms with van der Waals surface area (Å²) < 4.78 is 1.88. The summed E-state index contributed by atoms with van der Waals surface area (Å²) in [5, 5.41) is 9.14. The Morgan fingerprint density at radius 3 is 2.56 bits per heavy atom. The molecule has 2 aromatic carbocycles. The summed E-state index contributed by atoms with van der Waals surface area (Å²) in [5.74, 6) is -0.0377. The zero-order valence-electron chi connectivity index (χ0n) is 16.0. The number of amides is 1. The molecule has 0 saturated heterocycles. The molecule has 0 unspecified atom stereocenters. The number of aliphatic hydroxyl groups excluding tert-OH is 1. The Bertz CT molecular complexity index is 905. The minimum Gasteiger partial charge on any atom is -0.395 e. The summed E-state index contributed by atoms with van der Waals surface area (Å²) in [4.78, 5) is 21.4. The molecule has 1 heterocycles. The minimum absolute atomic E-state index is 0.0377. The van der Waals surface area contributed by atoms with E-state index >= 15 is 0 Å². The summed E-state index contributed by atoms with van der Waals surface area (Å²) in [7, 11) is 5.86. The second kappa shape index (κ2) is 8.33.